The van der Waals surface area contributed by atoms with Gasteiger partial charge in [-0.25, -0.2) is 4.98 Å². The Morgan fingerprint density at radius 1 is 1.57 bits per heavy atom. The average molecular weight is 194 g/mol. The number of aromatic nitrogens is 3. The Kier molecular flexibility index (Phi) is 2.82. The monoisotopic (exact) mass is 194 g/mol. The number of nitrogens with one attached hydrogen (secondary N) is 1. The molecule has 1 aliphatic rings. The fourth-order valence-electron chi connectivity index (χ4n) is 1.40. The molecule has 0 saturated heterocycles. The molecule has 78 valence electrons. The molecule has 1 heterocycles. The zero-order valence-electron chi connectivity index (χ0n) is 8.90. The molecule has 1 aromatic rings. The van der Waals surface area contributed by atoms with Crippen LogP contribution in [-0.2, 0) is 13.1 Å². The van der Waals surface area contributed by atoms with E-state index >= 15 is 0 Å². The summed E-state index contributed by atoms with van der Waals surface area (Å²) in [5, 5.41) is 7.79. The molecule has 1 aromatic heterocycles. The Bertz CT molecular complexity index is 288. The van der Waals surface area contributed by atoms with Crippen LogP contribution >= 0.6 is 0 Å². The van der Waals surface area contributed by atoms with Gasteiger partial charge in [-0.3, -0.25) is 4.68 Å². The maximum atomic E-state index is 4.39. The SMILES string of the molecule is CC(C)Cn1cnc(CNC2CC2)n1. The maximum Gasteiger partial charge on any atom is 0.164 e. The molecule has 1 saturated carbocycles. The molecule has 0 bridgehead atoms. The van der Waals surface area contributed by atoms with Crippen molar-refractivity contribution in [3.05, 3.63) is 12.2 Å². The number of rotatable bonds is 5. The molecule has 1 aliphatic carbocycles. The van der Waals surface area contributed by atoms with Crippen molar-refractivity contribution in [1.82, 2.24) is 20.1 Å². The third-order valence-corrected chi connectivity index (χ3v) is 2.26. The predicted octanol–water partition coefficient (Wildman–Crippen LogP) is 1.19. The molecule has 2 rings (SSSR count). The van der Waals surface area contributed by atoms with E-state index in [1.807, 2.05) is 11.0 Å². The summed E-state index contributed by atoms with van der Waals surface area (Å²) in [6.45, 7) is 6.14. The lowest BCUT2D eigenvalue weighted by molar-refractivity contribution is 0.477. The van der Waals surface area contributed by atoms with Crippen LogP contribution in [0.2, 0.25) is 0 Å². The van der Waals surface area contributed by atoms with Crippen molar-refractivity contribution in [2.45, 2.75) is 45.8 Å². The highest BCUT2D eigenvalue weighted by atomic mass is 15.3. The Labute approximate surface area is 84.7 Å². The van der Waals surface area contributed by atoms with Gasteiger partial charge in [0.05, 0.1) is 6.54 Å². The van der Waals surface area contributed by atoms with Gasteiger partial charge in [0.25, 0.3) is 0 Å². The second-order valence-corrected chi connectivity index (χ2v) is 4.43. The second-order valence-electron chi connectivity index (χ2n) is 4.43. The fraction of sp³-hybridized carbons (Fsp3) is 0.800. The van der Waals surface area contributed by atoms with Crippen molar-refractivity contribution in [1.29, 1.82) is 0 Å². The summed E-state index contributed by atoms with van der Waals surface area (Å²) in [4.78, 5) is 4.26. The molecule has 4 nitrogen and oxygen atoms in total. The Morgan fingerprint density at radius 3 is 3.00 bits per heavy atom. The van der Waals surface area contributed by atoms with E-state index in [-0.39, 0.29) is 0 Å². The van der Waals surface area contributed by atoms with Crippen molar-refractivity contribution in [2.75, 3.05) is 0 Å². The van der Waals surface area contributed by atoms with Crippen LogP contribution in [-0.4, -0.2) is 20.8 Å². The van der Waals surface area contributed by atoms with Gasteiger partial charge in [0, 0.05) is 12.6 Å². The van der Waals surface area contributed by atoms with Crippen LogP contribution in [0.25, 0.3) is 0 Å². The Hall–Kier alpha value is -0.900. The first-order valence-corrected chi connectivity index (χ1v) is 5.36. The summed E-state index contributed by atoms with van der Waals surface area (Å²) in [7, 11) is 0. The highest BCUT2D eigenvalue weighted by molar-refractivity contribution is 4.87. The van der Waals surface area contributed by atoms with E-state index in [4.69, 9.17) is 0 Å². The summed E-state index contributed by atoms with van der Waals surface area (Å²) in [5.41, 5.74) is 0. The van der Waals surface area contributed by atoms with E-state index < -0.39 is 0 Å². The first kappa shape index (κ1) is 9.65. The minimum Gasteiger partial charge on any atom is -0.307 e. The summed E-state index contributed by atoms with van der Waals surface area (Å²) < 4.78 is 1.93. The minimum absolute atomic E-state index is 0.626. The van der Waals surface area contributed by atoms with Gasteiger partial charge in [-0.1, -0.05) is 13.8 Å². The smallest absolute Gasteiger partial charge is 0.164 e. The van der Waals surface area contributed by atoms with E-state index in [1.165, 1.54) is 12.8 Å². The molecule has 0 radical (unpaired) electrons. The van der Waals surface area contributed by atoms with Gasteiger partial charge in [-0.2, -0.15) is 5.10 Å². The number of hydrogen-bond donors (Lipinski definition) is 1. The molecule has 0 spiro atoms. The van der Waals surface area contributed by atoms with Crippen molar-refractivity contribution in [2.24, 2.45) is 5.92 Å². The van der Waals surface area contributed by atoms with E-state index in [9.17, 15) is 0 Å². The van der Waals surface area contributed by atoms with Crippen LogP contribution in [0.4, 0.5) is 0 Å². The maximum absolute atomic E-state index is 4.39. The van der Waals surface area contributed by atoms with Gasteiger partial charge in [0.15, 0.2) is 5.82 Å². The zero-order chi connectivity index (χ0) is 9.97. The normalized spacial score (nSPS) is 16.5. The fourth-order valence-corrected chi connectivity index (χ4v) is 1.40. The topological polar surface area (TPSA) is 42.7 Å². The average Bonchev–Trinajstić information content (AvgIpc) is 2.84. The molecular formula is C10H18N4. The van der Waals surface area contributed by atoms with Gasteiger partial charge >= 0.3 is 0 Å². The lowest BCUT2D eigenvalue weighted by Crippen LogP contribution is -2.16. The van der Waals surface area contributed by atoms with E-state index in [0.717, 1.165) is 25.0 Å². The van der Waals surface area contributed by atoms with Crippen LogP contribution in [0.5, 0.6) is 0 Å². The Balaban J connectivity index is 1.81. The van der Waals surface area contributed by atoms with Crippen LogP contribution in [0.15, 0.2) is 6.33 Å². The van der Waals surface area contributed by atoms with Gasteiger partial charge in [-0.15, -0.1) is 0 Å². The van der Waals surface area contributed by atoms with E-state index in [1.54, 1.807) is 0 Å². The summed E-state index contributed by atoms with van der Waals surface area (Å²) in [6, 6.07) is 0.729. The van der Waals surface area contributed by atoms with Gasteiger partial charge in [-0.05, 0) is 18.8 Å². The molecule has 0 aliphatic heterocycles. The Morgan fingerprint density at radius 2 is 2.36 bits per heavy atom. The van der Waals surface area contributed by atoms with Crippen LogP contribution in [0.3, 0.4) is 0 Å². The highest BCUT2D eigenvalue weighted by Gasteiger charge is 2.20. The lowest BCUT2D eigenvalue weighted by Gasteiger charge is -2.02. The first-order chi connectivity index (χ1) is 6.74. The lowest BCUT2D eigenvalue weighted by atomic mass is 10.2. The molecule has 4 heteroatoms. The minimum atomic E-state index is 0.626. The molecule has 0 unspecified atom stereocenters. The predicted molar refractivity (Wildman–Crippen MR) is 54.7 cm³/mol. The highest BCUT2D eigenvalue weighted by Crippen LogP contribution is 2.18. The third-order valence-electron chi connectivity index (χ3n) is 2.26. The van der Waals surface area contributed by atoms with Crippen molar-refractivity contribution in [3.63, 3.8) is 0 Å². The van der Waals surface area contributed by atoms with Crippen molar-refractivity contribution < 1.29 is 0 Å². The van der Waals surface area contributed by atoms with Crippen LogP contribution in [0.1, 0.15) is 32.5 Å². The van der Waals surface area contributed by atoms with Gasteiger partial charge in [0.1, 0.15) is 6.33 Å². The van der Waals surface area contributed by atoms with Crippen LogP contribution < -0.4 is 5.32 Å². The van der Waals surface area contributed by atoms with Gasteiger partial charge in [0.2, 0.25) is 0 Å². The molecule has 14 heavy (non-hydrogen) atoms. The van der Waals surface area contributed by atoms with Crippen molar-refractivity contribution in [3.8, 4) is 0 Å². The quantitative estimate of drug-likeness (QED) is 0.765. The third kappa shape index (κ3) is 2.80. The molecule has 1 fully saturated rings. The first-order valence-electron chi connectivity index (χ1n) is 5.36. The zero-order valence-corrected chi connectivity index (χ0v) is 8.90. The summed E-state index contributed by atoms with van der Waals surface area (Å²) in [6.07, 6.45) is 4.45. The van der Waals surface area contributed by atoms with E-state index in [0.29, 0.717) is 5.92 Å². The van der Waals surface area contributed by atoms with Crippen LogP contribution in [0, 0.1) is 5.92 Å². The number of nitrogens with zero attached hydrogens (tertiary/aromatic N) is 3. The largest absolute Gasteiger partial charge is 0.307 e. The molecule has 0 amide bonds. The summed E-state index contributed by atoms with van der Waals surface area (Å²) >= 11 is 0. The second kappa shape index (κ2) is 4.09. The molecule has 1 N–H and O–H groups in total. The summed E-state index contributed by atoms with van der Waals surface area (Å²) in [5.74, 6) is 1.54. The molecular weight excluding hydrogens is 176 g/mol. The molecule has 0 aromatic carbocycles. The number of hydrogen-bond acceptors (Lipinski definition) is 3. The molecule has 0 atom stereocenters. The standard InChI is InChI=1S/C10H18N4/c1-8(2)6-14-7-12-10(13-14)5-11-9-3-4-9/h7-9,11H,3-6H2,1-2H3. The van der Waals surface area contributed by atoms with Gasteiger partial charge < -0.3 is 5.32 Å². The van der Waals surface area contributed by atoms with E-state index in [2.05, 4.69) is 29.2 Å². The van der Waals surface area contributed by atoms with Crippen molar-refractivity contribution >= 4 is 0 Å².